The first-order valence-electron chi connectivity index (χ1n) is 6.61. The highest BCUT2D eigenvalue weighted by Crippen LogP contribution is 2.34. The molecule has 0 spiro atoms. The maximum absolute atomic E-state index is 12.5. The van der Waals surface area contributed by atoms with Crippen LogP contribution in [0.1, 0.15) is 12.5 Å². The summed E-state index contributed by atoms with van der Waals surface area (Å²) in [7, 11) is 0. The molecule has 0 aliphatic heterocycles. The van der Waals surface area contributed by atoms with Gasteiger partial charge in [-0.05, 0) is 36.8 Å². The third-order valence-electron chi connectivity index (χ3n) is 3.04. The van der Waals surface area contributed by atoms with Gasteiger partial charge in [0, 0.05) is 4.88 Å². The number of amides is 1. The fraction of sp³-hybridized carbons (Fsp3) is 0.125. The molecule has 0 saturated heterocycles. The summed E-state index contributed by atoms with van der Waals surface area (Å²) in [6.45, 7) is 1.22. The number of aliphatic hydroxyl groups is 1. The van der Waals surface area contributed by atoms with Crippen molar-refractivity contribution in [3.05, 3.63) is 53.3 Å². The minimum Gasteiger partial charge on any atom is -0.511 e. The molecule has 0 radical (unpaired) electrons. The molecule has 0 bridgehead atoms. The number of nitriles is 1. The zero-order valence-corrected chi connectivity index (χ0v) is 13.1. The average Bonchev–Trinajstić information content (AvgIpc) is 2.95. The second kappa shape index (κ2) is 6.76. The largest absolute Gasteiger partial charge is 0.511 e. The van der Waals surface area contributed by atoms with E-state index in [0.717, 1.165) is 23.5 Å². The maximum Gasteiger partial charge on any atom is 0.416 e. The van der Waals surface area contributed by atoms with Gasteiger partial charge in [-0.3, -0.25) is 4.79 Å². The van der Waals surface area contributed by atoms with E-state index < -0.39 is 29.0 Å². The normalized spacial score (nSPS) is 12.3. The number of alkyl halides is 3. The number of anilines is 1. The molecule has 1 aromatic carbocycles. The van der Waals surface area contributed by atoms with Crippen molar-refractivity contribution in [3.63, 3.8) is 0 Å². The molecule has 2 N–H and O–H groups in total. The summed E-state index contributed by atoms with van der Waals surface area (Å²) in [5.41, 5.74) is -0.569. The Kier molecular flexibility index (Phi) is 4.95. The molecule has 124 valence electrons. The van der Waals surface area contributed by atoms with Crippen molar-refractivity contribution in [2.45, 2.75) is 13.1 Å². The van der Waals surface area contributed by atoms with Crippen LogP contribution < -0.4 is 5.32 Å². The number of hydrogen-bond acceptors (Lipinski definition) is 4. The predicted molar refractivity (Wildman–Crippen MR) is 84.3 cm³/mol. The number of benzene rings is 1. The van der Waals surface area contributed by atoms with Crippen LogP contribution in [0.3, 0.4) is 0 Å². The molecule has 0 atom stereocenters. The van der Waals surface area contributed by atoms with Gasteiger partial charge in [0.2, 0.25) is 0 Å². The molecule has 2 aromatic rings. The second-order valence-electron chi connectivity index (χ2n) is 4.77. The van der Waals surface area contributed by atoms with Crippen molar-refractivity contribution in [2.75, 3.05) is 5.32 Å². The van der Waals surface area contributed by atoms with Gasteiger partial charge >= 0.3 is 6.18 Å². The maximum atomic E-state index is 12.5. The van der Waals surface area contributed by atoms with Gasteiger partial charge in [-0.15, -0.1) is 11.3 Å². The summed E-state index contributed by atoms with van der Waals surface area (Å²) in [5, 5.41) is 20.9. The minimum absolute atomic E-state index is 0.394. The van der Waals surface area contributed by atoms with E-state index in [1.807, 2.05) is 0 Å². The SMILES string of the molecule is CC(O)=C(C#N)C(=O)Nc1ccc(-c2ccc(C(F)(F)F)cc2)s1. The Bertz CT molecular complexity index is 826. The summed E-state index contributed by atoms with van der Waals surface area (Å²) in [5.74, 6) is -1.15. The molecule has 1 heterocycles. The van der Waals surface area contributed by atoms with E-state index >= 15 is 0 Å². The van der Waals surface area contributed by atoms with Crippen LogP contribution in [0.25, 0.3) is 10.4 Å². The Morgan fingerprint density at radius 3 is 2.33 bits per heavy atom. The number of nitrogens with zero attached hydrogens (tertiary/aromatic N) is 1. The summed E-state index contributed by atoms with van der Waals surface area (Å²) in [4.78, 5) is 12.5. The van der Waals surface area contributed by atoms with Crippen LogP contribution in [-0.2, 0) is 11.0 Å². The molecule has 4 nitrogen and oxygen atoms in total. The molecule has 2 rings (SSSR count). The standard InChI is InChI=1S/C16H11F3N2O2S/c1-9(22)12(8-20)15(23)21-14-7-6-13(24-14)10-2-4-11(5-3-10)16(17,18)19/h2-7,22H,1H3,(H,21,23). The van der Waals surface area contributed by atoms with Gasteiger partial charge in [0.15, 0.2) is 5.57 Å². The van der Waals surface area contributed by atoms with Crippen molar-refractivity contribution in [1.29, 1.82) is 5.26 Å². The van der Waals surface area contributed by atoms with Crippen LogP contribution in [0.2, 0.25) is 0 Å². The van der Waals surface area contributed by atoms with E-state index in [9.17, 15) is 23.1 Å². The Morgan fingerprint density at radius 1 is 1.21 bits per heavy atom. The van der Waals surface area contributed by atoms with Crippen LogP contribution >= 0.6 is 11.3 Å². The lowest BCUT2D eigenvalue weighted by Crippen LogP contribution is -2.13. The van der Waals surface area contributed by atoms with Crippen LogP contribution in [0.15, 0.2) is 47.7 Å². The van der Waals surface area contributed by atoms with Gasteiger partial charge in [-0.2, -0.15) is 18.4 Å². The summed E-state index contributed by atoms with van der Waals surface area (Å²) in [6.07, 6.45) is -4.39. The van der Waals surface area contributed by atoms with Crippen molar-refractivity contribution in [2.24, 2.45) is 0 Å². The van der Waals surface area contributed by atoms with Crippen LogP contribution in [-0.4, -0.2) is 11.0 Å². The molecule has 8 heteroatoms. The first-order valence-corrected chi connectivity index (χ1v) is 7.43. The van der Waals surface area contributed by atoms with E-state index in [1.54, 1.807) is 18.2 Å². The molecular weight excluding hydrogens is 341 g/mol. The van der Waals surface area contributed by atoms with E-state index in [-0.39, 0.29) is 0 Å². The highest BCUT2D eigenvalue weighted by molar-refractivity contribution is 7.19. The average molecular weight is 352 g/mol. The number of carbonyl (C=O) groups is 1. The van der Waals surface area contributed by atoms with Crippen LogP contribution in [0.5, 0.6) is 0 Å². The molecular formula is C16H11F3N2O2S. The topological polar surface area (TPSA) is 73.1 Å². The second-order valence-corrected chi connectivity index (χ2v) is 5.85. The number of rotatable bonds is 3. The molecule has 0 fully saturated rings. The van der Waals surface area contributed by atoms with Gasteiger partial charge in [-0.1, -0.05) is 12.1 Å². The lowest BCUT2D eigenvalue weighted by atomic mass is 10.1. The predicted octanol–water partition coefficient (Wildman–Crippen LogP) is 4.73. The summed E-state index contributed by atoms with van der Waals surface area (Å²) in [6, 6.07) is 9.47. The van der Waals surface area contributed by atoms with E-state index in [4.69, 9.17) is 5.26 Å². The zero-order chi connectivity index (χ0) is 17.9. The number of hydrogen-bond donors (Lipinski definition) is 2. The highest BCUT2D eigenvalue weighted by atomic mass is 32.1. The Labute approximate surface area is 139 Å². The highest BCUT2D eigenvalue weighted by Gasteiger charge is 2.30. The number of halogens is 3. The molecule has 1 aromatic heterocycles. The summed E-state index contributed by atoms with van der Waals surface area (Å²) < 4.78 is 37.6. The Balaban J connectivity index is 2.18. The monoisotopic (exact) mass is 352 g/mol. The number of aliphatic hydroxyl groups excluding tert-OH is 1. The smallest absolute Gasteiger partial charge is 0.416 e. The fourth-order valence-corrected chi connectivity index (χ4v) is 2.76. The first kappa shape index (κ1) is 17.6. The van der Waals surface area contributed by atoms with E-state index in [0.29, 0.717) is 15.4 Å². The molecule has 1 amide bonds. The quantitative estimate of drug-likeness (QED) is 0.476. The lowest BCUT2D eigenvalue weighted by Gasteiger charge is -2.06. The third-order valence-corrected chi connectivity index (χ3v) is 4.09. The molecule has 0 unspecified atom stereocenters. The minimum atomic E-state index is -4.39. The van der Waals surface area contributed by atoms with Crippen molar-refractivity contribution in [3.8, 4) is 16.5 Å². The number of nitrogens with one attached hydrogen (secondary N) is 1. The number of allylic oxidation sites excluding steroid dienone is 1. The van der Waals surface area contributed by atoms with Crippen molar-refractivity contribution >= 4 is 22.2 Å². The van der Waals surface area contributed by atoms with Gasteiger partial charge in [-0.25, -0.2) is 0 Å². The van der Waals surface area contributed by atoms with Crippen molar-refractivity contribution in [1.82, 2.24) is 0 Å². The number of carbonyl (C=O) groups excluding carboxylic acids is 1. The molecule has 0 aliphatic rings. The third kappa shape index (κ3) is 3.94. The Hall–Kier alpha value is -2.79. The van der Waals surface area contributed by atoms with Crippen LogP contribution in [0.4, 0.5) is 18.2 Å². The fourth-order valence-electron chi connectivity index (χ4n) is 1.85. The summed E-state index contributed by atoms with van der Waals surface area (Å²) >= 11 is 1.14. The molecule has 0 aliphatic carbocycles. The number of thiophene rings is 1. The van der Waals surface area contributed by atoms with Gasteiger partial charge in [0.25, 0.3) is 5.91 Å². The van der Waals surface area contributed by atoms with Gasteiger partial charge in [0.1, 0.15) is 11.8 Å². The van der Waals surface area contributed by atoms with Gasteiger partial charge in [0.05, 0.1) is 10.6 Å². The van der Waals surface area contributed by atoms with E-state index in [1.165, 1.54) is 19.1 Å². The molecule has 24 heavy (non-hydrogen) atoms. The first-order chi connectivity index (χ1) is 11.2. The zero-order valence-electron chi connectivity index (χ0n) is 12.3. The molecule has 0 saturated carbocycles. The van der Waals surface area contributed by atoms with E-state index in [2.05, 4.69) is 5.32 Å². The lowest BCUT2D eigenvalue weighted by molar-refractivity contribution is -0.137. The van der Waals surface area contributed by atoms with Crippen LogP contribution in [0, 0.1) is 11.3 Å². The van der Waals surface area contributed by atoms with Gasteiger partial charge < -0.3 is 10.4 Å². The van der Waals surface area contributed by atoms with Crippen molar-refractivity contribution < 1.29 is 23.1 Å². The Morgan fingerprint density at radius 2 is 1.83 bits per heavy atom.